The monoisotopic (exact) mass is 264 g/mol. The van der Waals surface area contributed by atoms with Crippen LogP contribution in [0.15, 0.2) is 24.3 Å². The molecule has 0 aliphatic heterocycles. The molecule has 6 heteroatoms. The summed E-state index contributed by atoms with van der Waals surface area (Å²) < 4.78 is 13.0. The van der Waals surface area contributed by atoms with E-state index in [0.717, 1.165) is 4.90 Å². The van der Waals surface area contributed by atoms with Crippen molar-refractivity contribution in [2.45, 2.75) is 13.0 Å². The third-order valence-corrected chi connectivity index (χ3v) is 3.07. The van der Waals surface area contributed by atoms with Gasteiger partial charge in [-0.05, 0) is 31.2 Å². The van der Waals surface area contributed by atoms with Crippen LogP contribution in [0.1, 0.15) is 17.4 Å². The summed E-state index contributed by atoms with van der Waals surface area (Å²) >= 11 is 0. The van der Waals surface area contributed by atoms with E-state index in [1.54, 1.807) is 12.1 Å². The van der Waals surface area contributed by atoms with E-state index in [9.17, 15) is 14.0 Å². The number of aromatic amines is 1. The molecule has 19 heavy (non-hydrogen) atoms. The van der Waals surface area contributed by atoms with Crippen LogP contribution in [-0.2, 0) is 4.79 Å². The van der Waals surface area contributed by atoms with E-state index in [4.69, 9.17) is 5.11 Å². The predicted molar refractivity (Wildman–Crippen MR) is 67.4 cm³/mol. The number of nitrogens with one attached hydrogen (secondary N) is 1. The number of rotatable bonds is 3. The first-order chi connectivity index (χ1) is 8.90. The Morgan fingerprint density at radius 1 is 1.37 bits per heavy atom. The number of hydrogen-bond acceptors (Lipinski definition) is 2. The SMILES string of the molecule is CC(C(=O)O)N(C)C(=O)c1cc2ccc(F)cc2[nH]1. The average molecular weight is 264 g/mol. The van der Waals surface area contributed by atoms with Crippen molar-refractivity contribution in [3.63, 3.8) is 0 Å². The highest BCUT2D eigenvalue weighted by Gasteiger charge is 2.23. The van der Waals surface area contributed by atoms with Crippen molar-refractivity contribution < 1.29 is 19.1 Å². The standard InChI is InChI=1S/C13H13FN2O3/c1-7(13(18)19)16(2)12(17)11-5-8-3-4-9(14)6-10(8)15-11/h3-7,15H,1-2H3,(H,18,19). The van der Waals surface area contributed by atoms with E-state index >= 15 is 0 Å². The van der Waals surface area contributed by atoms with Crippen molar-refractivity contribution >= 4 is 22.8 Å². The number of carbonyl (C=O) groups excluding carboxylic acids is 1. The first-order valence-electron chi connectivity index (χ1n) is 5.68. The van der Waals surface area contributed by atoms with Gasteiger partial charge in [0.05, 0.1) is 0 Å². The molecular weight excluding hydrogens is 251 g/mol. The van der Waals surface area contributed by atoms with Gasteiger partial charge in [-0.25, -0.2) is 9.18 Å². The van der Waals surface area contributed by atoms with Crippen LogP contribution < -0.4 is 0 Å². The number of halogens is 1. The fourth-order valence-corrected chi connectivity index (χ4v) is 1.75. The van der Waals surface area contributed by atoms with Crippen LogP contribution >= 0.6 is 0 Å². The van der Waals surface area contributed by atoms with Crippen molar-refractivity contribution in [1.82, 2.24) is 9.88 Å². The summed E-state index contributed by atoms with van der Waals surface area (Å²) in [5, 5.41) is 9.57. The minimum atomic E-state index is -1.09. The molecule has 100 valence electrons. The fraction of sp³-hybridized carbons (Fsp3) is 0.231. The number of aliphatic carboxylic acids is 1. The van der Waals surface area contributed by atoms with Gasteiger partial charge in [-0.1, -0.05) is 0 Å². The molecule has 0 aliphatic carbocycles. The molecule has 1 aromatic carbocycles. The molecule has 0 spiro atoms. The number of carboxylic acid groups (broad SMARTS) is 1. The lowest BCUT2D eigenvalue weighted by atomic mass is 10.2. The number of nitrogens with zero attached hydrogens (tertiary/aromatic N) is 1. The minimum absolute atomic E-state index is 0.233. The largest absolute Gasteiger partial charge is 0.480 e. The number of fused-ring (bicyclic) bond motifs is 1. The second-order valence-electron chi connectivity index (χ2n) is 4.34. The minimum Gasteiger partial charge on any atom is -0.480 e. The van der Waals surface area contributed by atoms with E-state index in [1.165, 1.54) is 26.1 Å². The Bertz CT molecular complexity index is 650. The number of hydrogen-bond donors (Lipinski definition) is 2. The van der Waals surface area contributed by atoms with Crippen LogP contribution in [0.5, 0.6) is 0 Å². The molecule has 1 amide bonds. The lowest BCUT2D eigenvalue weighted by Crippen LogP contribution is -2.40. The van der Waals surface area contributed by atoms with Gasteiger partial charge in [0.15, 0.2) is 0 Å². The topological polar surface area (TPSA) is 73.4 Å². The predicted octanol–water partition coefficient (Wildman–Crippen LogP) is 1.85. The number of likely N-dealkylation sites (N-methyl/N-ethyl adjacent to an activating group) is 1. The van der Waals surface area contributed by atoms with Crippen molar-refractivity contribution in [2.75, 3.05) is 7.05 Å². The van der Waals surface area contributed by atoms with Crippen molar-refractivity contribution in [1.29, 1.82) is 0 Å². The molecule has 2 N–H and O–H groups in total. The van der Waals surface area contributed by atoms with Gasteiger partial charge < -0.3 is 15.0 Å². The molecule has 0 fully saturated rings. The Labute approximate surface area is 108 Å². The summed E-state index contributed by atoms with van der Waals surface area (Å²) in [4.78, 5) is 26.8. The molecule has 0 bridgehead atoms. The van der Waals surface area contributed by atoms with Gasteiger partial charge in [0, 0.05) is 18.0 Å². The molecule has 0 saturated carbocycles. The highest BCUT2D eigenvalue weighted by Crippen LogP contribution is 2.18. The molecule has 5 nitrogen and oxygen atoms in total. The maximum absolute atomic E-state index is 13.0. The third-order valence-electron chi connectivity index (χ3n) is 3.07. The van der Waals surface area contributed by atoms with E-state index in [1.807, 2.05) is 0 Å². The molecule has 0 aliphatic rings. The van der Waals surface area contributed by atoms with E-state index in [0.29, 0.717) is 10.9 Å². The van der Waals surface area contributed by atoms with E-state index in [-0.39, 0.29) is 5.69 Å². The van der Waals surface area contributed by atoms with Crippen molar-refractivity contribution in [3.8, 4) is 0 Å². The van der Waals surface area contributed by atoms with Gasteiger partial charge >= 0.3 is 5.97 Å². The number of H-pyrrole nitrogens is 1. The summed E-state index contributed by atoms with van der Waals surface area (Å²) in [7, 11) is 1.41. The highest BCUT2D eigenvalue weighted by atomic mass is 19.1. The fourth-order valence-electron chi connectivity index (χ4n) is 1.75. The summed E-state index contributed by atoms with van der Waals surface area (Å²) in [6.07, 6.45) is 0. The second-order valence-corrected chi connectivity index (χ2v) is 4.34. The van der Waals surface area contributed by atoms with Crippen molar-refractivity contribution in [3.05, 3.63) is 35.8 Å². The first-order valence-corrected chi connectivity index (χ1v) is 5.68. The number of carboxylic acids is 1. The summed E-state index contributed by atoms with van der Waals surface area (Å²) in [5.41, 5.74) is 0.732. The molecule has 0 saturated heterocycles. The molecule has 1 unspecified atom stereocenters. The number of amides is 1. The van der Waals surface area contributed by atoms with Gasteiger partial charge in [0.2, 0.25) is 0 Å². The number of benzene rings is 1. The van der Waals surface area contributed by atoms with Crippen LogP contribution in [0, 0.1) is 5.82 Å². The first kappa shape index (κ1) is 13.1. The Balaban J connectivity index is 2.33. The maximum Gasteiger partial charge on any atom is 0.326 e. The van der Waals surface area contributed by atoms with Gasteiger partial charge in [-0.15, -0.1) is 0 Å². The lowest BCUT2D eigenvalue weighted by Gasteiger charge is -2.20. The molecule has 1 atom stereocenters. The van der Waals surface area contributed by atoms with Crippen LogP contribution in [0.25, 0.3) is 10.9 Å². The van der Waals surface area contributed by atoms with Crippen molar-refractivity contribution in [2.24, 2.45) is 0 Å². The highest BCUT2D eigenvalue weighted by molar-refractivity contribution is 5.99. The van der Waals surface area contributed by atoms with E-state index < -0.39 is 23.7 Å². The molecule has 2 aromatic rings. The lowest BCUT2D eigenvalue weighted by molar-refractivity contribution is -0.141. The zero-order valence-electron chi connectivity index (χ0n) is 10.5. The van der Waals surface area contributed by atoms with Gasteiger partial charge in [0.1, 0.15) is 17.6 Å². The Kier molecular flexibility index (Phi) is 3.25. The van der Waals surface area contributed by atoms with Gasteiger partial charge in [-0.2, -0.15) is 0 Å². The zero-order chi connectivity index (χ0) is 14.2. The number of aromatic nitrogens is 1. The Morgan fingerprint density at radius 2 is 2.05 bits per heavy atom. The molecule has 0 radical (unpaired) electrons. The third kappa shape index (κ3) is 2.42. The van der Waals surface area contributed by atoms with E-state index in [2.05, 4.69) is 4.98 Å². The Hall–Kier alpha value is -2.37. The van der Waals surface area contributed by atoms with Crippen LogP contribution in [0.3, 0.4) is 0 Å². The van der Waals surface area contributed by atoms with Crippen LogP contribution in [0.4, 0.5) is 4.39 Å². The molecular formula is C13H13FN2O3. The Morgan fingerprint density at radius 3 is 2.68 bits per heavy atom. The van der Waals surface area contributed by atoms with Crippen LogP contribution in [-0.4, -0.2) is 40.0 Å². The normalized spacial score (nSPS) is 12.4. The maximum atomic E-state index is 13.0. The molecule has 2 rings (SSSR count). The molecule has 1 aromatic heterocycles. The quantitative estimate of drug-likeness (QED) is 0.888. The van der Waals surface area contributed by atoms with Gasteiger partial charge in [0.25, 0.3) is 5.91 Å². The summed E-state index contributed by atoms with van der Waals surface area (Å²) in [6, 6.07) is 4.78. The average Bonchev–Trinajstić information content (AvgIpc) is 2.78. The zero-order valence-corrected chi connectivity index (χ0v) is 10.5. The summed E-state index contributed by atoms with van der Waals surface area (Å²) in [6.45, 7) is 1.42. The second kappa shape index (κ2) is 4.72. The molecule has 1 heterocycles. The van der Waals surface area contributed by atoms with Crippen LogP contribution in [0.2, 0.25) is 0 Å². The van der Waals surface area contributed by atoms with Gasteiger partial charge in [-0.3, -0.25) is 4.79 Å². The number of carbonyl (C=O) groups is 2. The summed E-state index contributed by atoms with van der Waals surface area (Å²) in [5.74, 6) is -1.94. The smallest absolute Gasteiger partial charge is 0.326 e.